The van der Waals surface area contributed by atoms with E-state index in [0.29, 0.717) is 6.54 Å². The van der Waals surface area contributed by atoms with Gasteiger partial charge in [0.15, 0.2) is 0 Å². The largest absolute Gasteiger partial charge is 0.366 e. The van der Waals surface area contributed by atoms with Gasteiger partial charge in [0.1, 0.15) is 18.0 Å². The first-order valence-electron chi connectivity index (χ1n) is 6.40. The molecule has 1 unspecified atom stereocenters. The number of nitrogens with one attached hydrogen (secondary N) is 2. The zero-order valence-corrected chi connectivity index (χ0v) is 13.1. The lowest BCUT2D eigenvalue weighted by Crippen LogP contribution is -2.25. The molecule has 1 aromatic heterocycles. The summed E-state index contributed by atoms with van der Waals surface area (Å²) < 4.78 is 1.06. The summed E-state index contributed by atoms with van der Waals surface area (Å²) in [6, 6.07) is 8.10. The Kier molecular flexibility index (Phi) is 4.92. The molecule has 0 amide bonds. The molecule has 0 bridgehead atoms. The summed E-state index contributed by atoms with van der Waals surface area (Å²) in [7, 11) is 0. The lowest BCUT2D eigenvalue weighted by molar-refractivity contribution is 0.797. The Morgan fingerprint density at radius 2 is 2.00 bits per heavy atom. The molecule has 4 N–H and O–H groups in total. The molecule has 2 rings (SSSR count). The zero-order valence-electron chi connectivity index (χ0n) is 11.5. The van der Waals surface area contributed by atoms with Crippen LogP contribution in [0.15, 0.2) is 35.1 Å². The highest BCUT2D eigenvalue weighted by molar-refractivity contribution is 9.10. The summed E-state index contributed by atoms with van der Waals surface area (Å²) in [5, 5.41) is 6.51. The van der Waals surface area contributed by atoms with Crippen LogP contribution in [0.1, 0.15) is 12.5 Å². The molecule has 2 aromatic rings. The van der Waals surface area contributed by atoms with Gasteiger partial charge in [-0.3, -0.25) is 0 Å². The molecule has 0 aliphatic carbocycles. The Balaban J connectivity index is 2.15. The van der Waals surface area contributed by atoms with Crippen LogP contribution in [-0.4, -0.2) is 22.6 Å². The van der Waals surface area contributed by atoms with Gasteiger partial charge in [-0.15, -0.1) is 0 Å². The summed E-state index contributed by atoms with van der Waals surface area (Å²) in [5.41, 5.74) is 7.75. The number of hydrogen-bond donors (Lipinski definition) is 3. The first-order valence-corrected chi connectivity index (χ1v) is 7.19. The van der Waals surface area contributed by atoms with Crippen molar-refractivity contribution in [3.05, 3.63) is 40.6 Å². The topological polar surface area (TPSA) is 75.9 Å². The second-order valence-electron chi connectivity index (χ2n) is 4.65. The van der Waals surface area contributed by atoms with Crippen molar-refractivity contribution < 1.29 is 0 Å². The molecule has 106 valence electrons. The van der Waals surface area contributed by atoms with Crippen molar-refractivity contribution in [2.24, 2.45) is 5.73 Å². The number of aryl methyl sites for hydroxylation is 1. The van der Waals surface area contributed by atoms with Gasteiger partial charge in [0.05, 0.1) is 0 Å². The minimum absolute atomic E-state index is 0.173. The van der Waals surface area contributed by atoms with Gasteiger partial charge in [-0.1, -0.05) is 15.9 Å². The van der Waals surface area contributed by atoms with E-state index in [1.807, 2.05) is 32.0 Å². The second kappa shape index (κ2) is 6.67. The maximum Gasteiger partial charge on any atom is 0.135 e. The average molecular weight is 336 g/mol. The molecule has 0 aliphatic heterocycles. The predicted molar refractivity (Wildman–Crippen MR) is 86.3 cm³/mol. The highest BCUT2D eigenvalue weighted by Crippen LogP contribution is 2.23. The quantitative estimate of drug-likeness (QED) is 0.782. The SMILES string of the molecule is Cc1cc(Br)ccc1Nc1cc(NC(C)CN)ncn1. The average Bonchev–Trinajstić information content (AvgIpc) is 2.42. The molecule has 0 aliphatic rings. The van der Waals surface area contributed by atoms with Crippen LogP contribution in [0.25, 0.3) is 0 Å². The first-order chi connectivity index (χ1) is 9.58. The van der Waals surface area contributed by atoms with Crippen LogP contribution >= 0.6 is 15.9 Å². The lowest BCUT2D eigenvalue weighted by atomic mass is 10.2. The number of hydrogen-bond acceptors (Lipinski definition) is 5. The van der Waals surface area contributed by atoms with Crippen molar-refractivity contribution in [3.8, 4) is 0 Å². The van der Waals surface area contributed by atoms with Crippen molar-refractivity contribution in [2.45, 2.75) is 19.9 Å². The molecule has 0 saturated heterocycles. The molecule has 0 fully saturated rings. The molecule has 5 nitrogen and oxygen atoms in total. The predicted octanol–water partition coefficient (Wildman–Crippen LogP) is 3.05. The number of nitrogens with zero attached hydrogens (tertiary/aromatic N) is 2. The molecule has 0 radical (unpaired) electrons. The molecule has 1 atom stereocenters. The van der Waals surface area contributed by atoms with E-state index in [-0.39, 0.29) is 6.04 Å². The van der Waals surface area contributed by atoms with E-state index in [4.69, 9.17) is 5.73 Å². The third-order valence-corrected chi connectivity index (χ3v) is 3.36. The van der Waals surface area contributed by atoms with Crippen LogP contribution in [0, 0.1) is 6.92 Å². The van der Waals surface area contributed by atoms with Gasteiger partial charge >= 0.3 is 0 Å². The van der Waals surface area contributed by atoms with Gasteiger partial charge in [-0.25, -0.2) is 9.97 Å². The minimum atomic E-state index is 0.173. The summed E-state index contributed by atoms with van der Waals surface area (Å²) in [4.78, 5) is 8.41. The normalized spacial score (nSPS) is 12.0. The van der Waals surface area contributed by atoms with Crippen molar-refractivity contribution in [2.75, 3.05) is 17.2 Å². The van der Waals surface area contributed by atoms with Crippen LogP contribution < -0.4 is 16.4 Å². The number of nitrogens with two attached hydrogens (primary N) is 1. The third-order valence-electron chi connectivity index (χ3n) is 2.87. The number of benzene rings is 1. The third kappa shape index (κ3) is 3.91. The van der Waals surface area contributed by atoms with Crippen LogP contribution in [0.5, 0.6) is 0 Å². The highest BCUT2D eigenvalue weighted by atomic mass is 79.9. The number of rotatable bonds is 5. The van der Waals surface area contributed by atoms with Crippen LogP contribution in [0.3, 0.4) is 0 Å². The van der Waals surface area contributed by atoms with E-state index in [1.165, 1.54) is 6.33 Å². The Morgan fingerprint density at radius 1 is 1.25 bits per heavy atom. The number of anilines is 3. The molecule has 6 heteroatoms. The standard InChI is InChI=1S/C14H18BrN5/c1-9-5-11(15)3-4-12(9)20-14-6-13(17-8-18-14)19-10(2)7-16/h3-6,8,10H,7,16H2,1-2H3,(H2,17,18,19,20). The van der Waals surface area contributed by atoms with Crippen molar-refractivity contribution in [1.29, 1.82) is 0 Å². The van der Waals surface area contributed by atoms with Gasteiger partial charge in [-0.2, -0.15) is 0 Å². The van der Waals surface area contributed by atoms with Crippen LogP contribution in [0.2, 0.25) is 0 Å². The maximum absolute atomic E-state index is 5.59. The molecule has 0 spiro atoms. The molecular weight excluding hydrogens is 318 g/mol. The van der Waals surface area contributed by atoms with Gasteiger partial charge in [0.25, 0.3) is 0 Å². The van der Waals surface area contributed by atoms with Gasteiger partial charge in [0.2, 0.25) is 0 Å². The fraction of sp³-hybridized carbons (Fsp3) is 0.286. The molecule has 1 aromatic carbocycles. The van der Waals surface area contributed by atoms with Gasteiger partial charge < -0.3 is 16.4 Å². The summed E-state index contributed by atoms with van der Waals surface area (Å²) >= 11 is 3.45. The van der Waals surface area contributed by atoms with E-state index in [1.54, 1.807) is 0 Å². The number of aromatic nitrogens is 2. The lowest BCUT2D eigenvalue weighted by Gasteiger charge is -2.13. The van der Waals surface area contributed by atoms with E-state index in [2.05, 4.69) is 42.6 Å². The highest BCUT2D eigenvalue weighted by Gasteiger charge is 2.04. The smallest absolute Gasteiger partial charge is 0.135 e. The molecule has 20 heavy (non-hydrogen) atoms. The van der Waals surface area contributed by atoms with Crippen LogP contribution in [-0.2, 0) is 0 Å². The van der Waals surface area contributed by atoms with E-state index >= 15 is 0 Å². The molecule has 1 heterocycles. The Labute approximate surface area is 127 Å². The fourth-order valence-corrected chi connectivity index (χ4v) is 2.20. The molecule has 0 saturated carbocycles. The maximum atomic E-state index is 5.59. The summed E-state index contributed by atoms with van der Waals surface area (Å²) in [5.74, 6) is 1.51. The Hall–Kier alpha value is -1.66. The second-order valence-corrected chi connectivity index (χ2v) is 5.57. The van der Waals surface area contributed by atoms with E-state index in [0.717, 1.165) is 27.4 Å². The van der Waals surface area contributed by atoms with E-state index in [9.17, 15) is 0 Å². The Bertz CT molecular complexity index is 588. The molecular formula is C14H18BrN5. The Morgan fingerprint density at radius 3 is 2.70 bits per heavy atom. The van der Waals surface area contributed by atoms with Gasteiger partial charge in [0, 0.05) is 28.8 Å². The minimum Gasteiger partial charge on any atom is -0.366 e. The van der Waals surface area contributed by atoms with Crippen LogP contribution in [0.4, 0.5) is 17.3 Å². The fourth-order valence-electron chi connectivity index (χ4n) is 1.72. The summed E-state index contributed by atoms with van der Waals surface area (Å²) in [6.07, 6.45) is 1.53. The monoisotopic (exact) mass is 335 g/mol. The zero-order chi connectivity index (χ0) is 14.5. The van der Waals surface area contributed by atoms with Gasteiger partial charge in [-0.05, 0) is 37.6 Å². The number of halogens is 1. The first kappa shape index (κ1) is 14.7. The van der Waals surface area contributed by atoms with Crippen molar-refractivity contribution in [1.82, 2.24) is 9.97 Å². The summed E-state index contributed by atoms with van der Waals surface area (Å²) in [6.45, 7) is 4.61. The van der Waals surface area contributed by atoms with Crippen molar-refractivity contribution in [3.63, 3.8) is 0 Å². The van der Waals surface area contributed by atoms with E-state index < -0.39 is 0 Å². The van der Waals surface area contributed by atoms with Crippen molar-refractivity contribution >= 4 is 33.3 Å².